The summed E-state index contributed by atoms with van der Waals surface area (Å²) in [4.78, 5) is 0. The molecular formula is C17H22FNO. The van der Waals surface area contributed by atoms with Gasteiger partial charge in [0, 0.05) is 30.0 Å². The molecule has 2 aliphatic rings. The number of fused-ring (bicyclic) bond motifs is 1. The molecule has 20 heavy (non-hydrogen) atoms. The van der Waals surface area contributed by atoms with Gasteiger partial charge in [-0.2, -0.15) is 0 Å². The summed E-state index contributed by atoms with van der Waals surface area (Å²) in [5, 5.41) is 0. The van der Waals surface area contributed by atoms with E-state index < -0.39 is 0 Å². The van der Waals surface area contributed by atoms with Gasteiger partial charge in [0.2, 0.25) is 0 Å². The summed E-state index contributed by atoms with van der Waals surface area (Å²) in [6.45, 7) is 4.42. The van der Waals surface area contributed by atoms with E-state index >= 15 is 0 Å². The van der Waals surface area contributed by atoms with Crippen LogP contribution in [0.2, 0.25) is 0 Å². The van der Waals surface area contributed by atoms with Crippen molar-refractivity contribution in [2.45, 2.75) is 45.3 Å². The topological polar surface area (TPSA) is 35.2 Å². The maximum Gasteiger partial charge on any atom is 0.127 e. The van der Waals surface area contributed by atoms with Crippen LogP contribution in [-0.4, -0.2) is 6.10 Å². The number of hydrogen-bond acceptors (Lipinski definition) is 2. The number of rotatable bonds is 1. The quantitative estimate of drug-likeness (QED) is 0.787. The second-order valence-electron chi connectivity index (χ2n) is 6.37. The predicted octanol–water partition coefficient (Wildman–Crippen LogP) is 3.97. The van der Waals surface area contributed by atoms with Crippen LogP contribution in [0.4, 0.5) is 4.39 Å². The van der Waals surface area contributed by atoms with Gasteiger partial charge in [-0.05, 0) is 31.7 Å². The molecule has 0 spiro atoms. The lowest BCUT2D eigenvalue weighted by Crippen LogP contribution is -2.37. The van der Waals surface area contributed by atoms with Gasteiger partial charge >= 0.3 is 0 Å². The lowest BCUT2D eigenvalue weighted by Gasteiger charge is -2.37. The Morgan fingerprint density at radius 1 is 1.30 bits per heavy atom. The number of hydrogen-bond donors (Lipinski definition) is 1. The fraction of sp³-hybridized carbons (Fsp3) is 0.529. The van der Waals surface area contributed by atoms with E-state index in [0.717, 1.165) is 24.8 Å². The van der Waals surface area contributed by atoms with E-state index in [1.165, 1.54) is 17.7 Å². The van der Waals surface area contributed by atoms with E-state index in [2.05, 4.69) is 19.9 Å². The summed E-state index contributed by atoms with van der Waals surface area (Å²) in [7, 11) is 0. The summed E-state index contributed by atoms with van der Waals surface area (Å²) in [6.07, 6.45) is 5.45. The minimum atomic E-state index is -0.260. The highest BCUT2D eigenvalue weighted by atomic mass is 19.1. The molecule has 1 aromatic carbocycles. The minimum absolute atomic E-state index is 0.0501. The van der Waals surface area contributed by atoms with Gasteiger partial charge in [0.1, 0.15) is 17.7 Å². The third-order valence-electron chi connectivity index (χ3n) is 4.49. The molecule has 4 atom stereocenters. The summed E-state index contributed by atoms with van der Waals surface area (Å²) in [6, 6.07) is 4.62. The Morgan fingerprint density at radius 3 is 2.85 bits per heavy atom. The molecule has 0 saturated heterocycles. The number of ether oxygens (including phenoxy) is 1. The molecule has 3 rings (SSSR count). The average Bonchev–Trinajstić information content (AvgIpc) is 2.36. The highest BCUT2D eigenvalue weighted by molar-refractivity contribution is 5.38. The van der Waals surface area contributed by atoms with Crippen molar-refractivity contribution in [1.29, 1.82) is 0 Å². The van der Waals surface area contributed by atoms with Crippen molar-refractivity contribution in [3.05, 3.63) is 41.2 Å². The summed E-state index contributed by atoms with van der Waals surface area (Å²) in [5.74, 6) is 1.44. The maximum absolute atomic E-state index is 13.4. The molecule has 1 heterocycles. The zero-order chi connectivity index (χ0) is 14.3. The second kappa shape index (κ2) is 5.21. The Kier molecular flexibility index (Phi) is 3.55. The van der Waals surface area contributed by atoms with Gasteiger partial charge in [-0.15, -0.1) is 0 Å². The van der Waals surface area contributed by atoms with Crippen molar-refractivity contribution in [1.82, 2.24) is 0 Å². The molecule has 0 bridgehead atoms. The summed E-state index contributed by atoms with van der Waals surface area (Å²) < 4.78 is 19.5. The Morgan fingerprint density at radius 2 is 2.10 bits per heavy atom. The van der Waals surface area contributed by atoms with Crippen LogP contribution in [0.5, 0.6) is 5.75 Å². The fourth-order valence-electron chi connectivity index (χ4n) is 3.67. The third kappa shape index (κ3) is 2.59. The first kappa shape index (κ1) is 13.6. The zero-order valence-electron chi connectivity index (χ0n) is 12.1. The van der Waals surface area contributed by atoms with Crippen LogP contribution >= 0.6 is 0 Å². The largest absolute Gasteiger partial charge is 0.490 e. The Labute approximate surface area is 119 Å². The second-order valence-corrected chi connectivity index (χ2v) is 6.37. The van der Waals surface area contributed by atoms with E-state index in [0.29, 0.717) is 17.6 Å². The van der Waals surface area contributed by atoms with Crippen LogP contribution in [0.3, 0.4) is 0 Å². The normalized spacial score (nSPS) is 33.1. The van der Waals surface area contributed by atoms with Gasteiger partial charge in [-0.1, -0.05) is 24.6 Å². The standard InChI is InChI=1S/C17H22FNO/c1-10-5-11(2)7-12(6-10)16-9-15(19)14-4-3-13(18)8-17(14)20-16/h3-5,8,10,12,15-16H,6-7,9,19H2,1-2H3/t10?,12?,15-,16?/m1/s1. The molecule has 0 fully saturated rings. The molecule has 1 aliphatic heterocycles. The van der Waals surface area contributed by atoms with Gasteiger partial charge in [0.25, 0.3) is 0 Å². The van der Waals surface area contributed by atoms with E-state index in [9.17, 15) is 4.39 Å². The molecule has 0 aromatic heterocycles. The van der Waals surface area contributed by atoms with Crippen molar-refractivity contribution in [2.24, 2.45) is 17.6 Å². The van der Waals surface area contributed by atoms with E-state index in [-0.39, 0.29) is 18.0 Å². The van der Waals surface area contributed by atoms with Gasteiger partial charge in [0.05, 0.1) is 0 Å². The lowest BCUT2D eigenvalue weighted by molar-refractivity contribution is 0.0854. The summed E-state index contributed by atoms with van der Waals surface area (Å²) >= 11 is 0. The molecule has 2 N–H and O–H groups in total. The lowest BCUT2D eigenvalue weighted by atomic mass is 9.78. The van der Waals surface area contributed by atoms with Gasteiger partial charge in [0.15, 0.2) is 0 Å². The van der Waals surface area contributed by atoms with Crippen LogP contribution in [0.15, 0.2) is 29.8 Å². The van der Waals surface area contributed by atoms with Crippen molar-refractivity contribution in [3.63, 3.8) is 0 Å². The van der Waals surface area contributed by atoms with Crippen LogP contribution < -0.4 is 10.5 Å². The molecule has 1 aromatic rings. The SMILES string of the molecule is CC1=CC(C)CC(C2C[C@@H](N)c3ccc(F)cc3O2)C1. The molecule has 3 unspecified atom stereocenters. The Balaban J connectivity index is 1.82. The number of benzene rings is 1. The minimum Gasteiger partial charge on any atom is -0.490 e. The zero-order valence-corrected chi connectivity index (χ0v) is 12.1. The number of allylic oxidation sites excluding steroid dienone is 2. The summed E-state index contributed by atoms with van der Waals surface area (Å²) in [5.41, 5.74) is 8.60. The van der Waals surface area contributed by atoms with Crippen molar-refractivity contribution in [3.8, 4) is 5.75 Å². The van der Waals surface area contributed by atoms with E-state index in [1.54, 1.807) is 6.07 Å². The van der Waals surface area contributed by atoms with Crippen LogP contribution in [0.1, 0.15) is 44.7 Å². The molecule has 0 amide bonds. The maximum atomic E-state index is 13.4. The number of nitrogens with two attached hydrogens (primary N) is 1. The molecule has 2 nitrogen and oxygen atoms in total. The predicted molar refractivity (Wildman–Crippen MR) is 78.0 cm³/mol. The molecule has 0 radical (unpaired) electrons. The molecular weight excluding hydrogens is 253 g/mol. The average molecular weight is 275 g/mol. The highest BCUT2D eigenvalue weighted by Crippen LogP contribution is 2.40. The first-order valence-electron chi connectivity index (χ1n) is 7.42. The molecule has 3 heteroatoms. The molecule has 0 saturated carbocycles. The smallest absolute Gasteiger partial charge is 0.127 e. The van der Waals surface area contributed by atoms with E-state index in [1.807, 2.05) is 0 Å². The van der Waals surface area contributed by atoms with Gasteiger partial charge in [-0.3, -0.25) is 0 Å². The Bertz CT molecular complexity index is 540. The Hall–Kier alpha value is -1.35. The van der Waals surface area contributed by atoms with Gasteiger partial charge in [-0.25, -0.2) is 4.39 Å². The highest BCUT2D eigenvalue weighted by Gasteiger charge is 2.34. The van der Waals surface area contributed by atoms with Crippen molar-refractivity contribution in [2.75, 3.05) is 0 Å². The van der Waals surface area contributed by atoms with Crippen LogP contribution in [-0.2, 0) is 0 Å². The van der Waals surface area contributed by atoms with E-state index in [4.69, 9.17) is 10.5 Å². The molecule has 1 aliphatic carbocycles. The first-order valence-corrected chi connectivity index (χ1v) is 7.42. The first-order chi connectivity index (χ1) is 9.52. The fourth-order valence-corrected chi connectivity index (χ4v) is 3.67. The number of halogens is 1. The molecule has 108 valence electrons. The monoisotopic (exact) mass is 275 g/mol. The van der Waals surface area contributed by atoms with Crippen molar-refractivity contribution >= 4 is 0 Å². The van der Waals surface area contributed by atoms with Crippen molar-refractivity contribution < 1.29 is 9.13 Å². The van der Waals surface area contributed by atoms with Crippen LogP contribution in [0.25, 0.3) is 0 Å². The third-order valence-corrected chi connectivity index (χ3v) is 4.49. The van der Waals surface area contributed by atoms with Crippen LogP contribution in [0, 0.1) is 17.7 Å². The van der Waals surface area contributed by atoms with Gasteiger partial charge < -0.3 is 10.5 Å².